The van der Waals surface area contributed by atoms with Gasteiger partial charge in [0, 0.05) is 19.3 Å². The van der Waals surface area contributed by atoms with Crippen molar-refractivity contribution in [2.75, 3.05) is 0 Å². The summed E-state index contributed by atoms with van der Waals surface area (Å²) in [5, 5.41) is 11.8. The number of esters is 2. The van der Waals surface area contributed by atoms with Crippen LogP contribution in [0.2, 0.25) is 0 Å². The van der Waals surface area contributed by atoms with Crippen LogP contribution >= 0.6 is 0 Å². The minimum absolute atomic E-state index is 0.00410. The van der Waals surface area contributed by atoms with Gasteiger partial charge in [0.15, 0.2) is 0 Å². The second-order valence-electron chi connectivity index (χ2n) is 11.4. The first-order chi connectivity index (χ1) is 13.6. The van der Waals surface area contributed by atoms with E-state index in [9.17, 15) is 14.7 Å². The summed E-state index contributed by atoms with van der Waals surface area (Å²) in [5.74, 6) is 1.81. The van der Waals surface area contributed by atoms with Crippen molar-refractivity contribution in [2.45, 2.75) is 96.9 Å². The van der Waals surface area contributed by atoms with Gasteiger partial charge in [0.05, 0.1) is 11.5 Å². The largest absolute Gasteiger partial charge is 0.462 e. The van der Waals surface area contributed by atoms with E-state index in [-0.39, 0.29) is 40.9 Å². The van der Waals surface area contributed by atoms with Crippen molar-refractivity contribution in [2.24, 2.45) is 40.4 Å². The number of ether oxygens (including phenoxy) is 2. The highest BCUT2D eigenvalue weighted by Crippen LogP contribution is 2.70. The van der Waals surface area contributed by atoms with Crippen LogP contribution in [-0.2, 0) is 19.1 Å². The molecule has 5 aliphatic rings. The van der Waals surface area contributed by atoms with Gasteiger partial charge in [-0.15, -0.1) is 0 Å². The van der Waals surface area contributed by atoms with E-state index >= 15 is 0 Å². The Morgan fingerprint density at radius 1 is 1.14 bits per heavy atom. The van der Waals surface area contributed by atoms with Crippen LogP contribution in [0.15, 0.2) is 0 Å². The van der Waals surface area contributed by atoms with Gasteiger partial charge in [-0.2, -0.15) is 0 Å². The number of rotatable bonds is 1. The zero-order valence-electron chi connectivity index (χ0n) is 18.3. The summed E-state index contributed by atoms with van der Waals surface area (Å²) in [6, 6.07) is 0. The van der Waals surface area contributed by atoms with Gasteiger partial charge in [-0.25, -0.2) is 0 Å². The second-order valence-corrected chi connectivity index (χ2v) is 11.4. The van der Waals surface area contributed by atoms with E-state index in [0.717, 1.165) is 44.9 Å². The molecule has 0 spiro atoms. The van der Waals surface area contributed by atoms with Gasteiger partial charge < -0.3 is 14.6 Å². The highest BCUT2D eigenvalue weighted by atomic mass is 16.6. The van der Waals surface area contributed by atoms with Crippen LogP contribution in [0.1, 0.15) is 79.1 Å². The number of carbonyl (C=O) groups excluding carboxylic acids is 2. The van der Waals surface area contributed by atoms with Gasteiger partial charge in [-0.05, 0) is 73.5 Å². The van der Waals surface area contributed by atoms with Crippen molar-refractivity contribution >= 4 is 11.9 Å². The Bertz CT molecular complexity index is 735. The van der Waals surface area contributed by atoms with Crippen molar-refractivity contribution < 1.29 is 24.2 Å². The summed E-state index contributed by atoms with van der Waals surface area (Å²) in [7, 11) is 0. The molecule has 10 atom stereocenters. The minimum atomic E-state index is -0.742. The molecule has 1 N–H and O–H groups in total. The molecule has 4 aliphatic carbocycles. The molecule has 0 aromatic rings. The summed E-state index contributed by atoms with van der Waals surface area (Å²) < 4.78 is 11.3. The lowest BCUT2D eigenvalue weighted by Gasteiger charge is -2.64. The fraction of sp³-hybridized carbons (Fsp3) is 0.917. The maximum absolute atomic E-state index is 12.2. The molecule has 0 unspecified atom stereocenters. The van der Waals surface area contributed by atoms with Crippen LogP contribution in [0.4, 0.5) is 0 Å². The molecule has 4 saturated carbocycles. The summed E-state index contributed by atoms with van der Waals surface area (Å²) in [6.45, 7) is 8.23. The Labute approximate surface area is 173 Å². The third kappa shape index (κ3) is 2.55. The molecule has 5 fully saturated rings. The molecule has 0 bridgehead atoms. The van der Waals surface area contributed by atoms with E-state index < -0.39 is 5.60 Å². The normalized spacial score (nSPS) is 55.9. The Hall–Kier alpha value is -1.10. The van der Waals surface area contributed by atoms with E-state index in [0.29, 0.717) is 30.1 Å². The Morgan fingerprint density at radius 2 is 1.90 bits per heavy atom. The summed E-state index contributed by atoms with van der Waals surface area (Å²) in [6.07, 6.45) is 7.37. The topological polar surface area (TPSA) is 72.8 Å². The molecule has 0 aromatic carbocycles. The van der Waals surface area contributed by atoms with Crippen LogP contribution in [0.5, 0.6) is 0 Å². The van der Waals surface area contributed by atoms with Crippen molar-refractivity contribution in [3.63, 3.8) is 0 Å². The molecule has 5 nitrogen and oxygen atoms in total. The highest BCUT2D eigenvalue weighted by Gasteiger charge is 2.68. The van der Waals surface area contributed by atoms with Crippen LogP contribution < -0.4 is 0 Å². The van der Waals surface area contributed by atoms with Crippen LogP contribution in [0.25, 0.3) is 0 Å². The van der Waals surface area contributed by atoms with Crippen molar-refractivity contribution in [3.05, 3.63) is 0 Å². The molecule has 1 saturated heterocycles. The van der Waals surface area contributed by atoms with Gasteiger partial charge in [0.2, 0.25) is 0 Å². The lowest BCUT2D eigenvalue weighted by atomic mass is 9.43. The fourth-order valence-corrected chi connectivity index (χ4v) is 8.99. The van der Waals surface area contributed by atoms with Crippen molar-refractivity contribution in [1.29, 1.82) is 0 Å². The lowest BCUT2D eigenvalue weighted by Crippen LogP contribution is -2.63. The lowest BCUT2D eigenvalue weighted by molar-refractivity contribution is -0.224. The van der Waals surface area contributed by atoms with E-state index in [4.69, 9.17) is 9.47 Å². The van der Waals surface area contributed by atoms with E-state index in [1.807, 2.05) is 0 Å². The first kappa shape index (κ1) is 19.8. The van der Waals surface area contributed by atoms with Gasteiger partial charge in [0.1, 0.15) is 12.2 Å². The quantitative estimate of drug-likeness (QED) is 0.672. The zero-order valence-corrected chi connectivity index (χ0v) is 18.3. The Kier molecular flexibility index (Phi) is 4.25. The Balaban J connectivity index is 1.41. The second kappa shape index (κ2) is 6.21. The van der Waals surface area contributed by atoms with Crippen LogP contribution in [0.3, 0.4) is 0 Å². The van der Waals surface area contributed by atoms with Crippen LogP contribution in [0, 0.1) is 40.4 Å². The van der Waals surface area contributed by atoms with Gasteiger partial charge >= 0.3 is 11.9 Å². The van der Waals surface area contributed by atoms with Gasteiger partial charge in [0.25, 0.3) is 0 Å². The number of aliphatic hydroxyl groups is 1. The fourth-order valence-electron chi connectivity index (χ4n) is 8.99. The van der Waals surface area contributed by atoms with Crippen LogP contribution in [-0.4, -0.2) is 34.9 Å². The molecular formula is C24H36O5. The number of carbonyl (C=O) groups is 2. The molecule has 5 rings (SSSR count). The average molecular weight is 405 g/mol. The molecule has 0 radical (unpaired) electrons. The number of fused-ring (bicyclic) bond motifs is 7. The SMILES string of the molecule is CC(=O)O[C@H]1CC[C@]2(C)[C@H]3CC[C@]4(C)[C@@H]5[C@H](C[C@H]4[C@@H]3CC[C@@]2(O)C1)OC(=O)[C@H]5C. The standard InChI is InChI=1S/C24H36O5/c1-13-20-19(29-21(13)26)11-18-16-6-10-24(27)12-15(28-14(2)25)5-9-23(24,4)17(16)7-8-22(18,20)3/h13,15-20,27H,5-12H2,1-4H3/t13-,15-,16+,17-,18-,19-,20-,22-,23+,24+/m0/s1. The third-order valence-corrected chi connectivity index (χ3v) is 10.4. The number of hydrogen-bond acceptors (Lipinski definition) is 5. The first-order valence-electron chi connectivity index (χ1n) is 11.7. The van der Waals surface area contributed by atoms with Gasteiger partial charge in [-0.3, -0.25) is 9.59 Å². The van der Waals surface area contributed by atoms with E-state index in [2.05, 4.69) is 20.8 Å². The number of hydrogen-bond donors (Lipinski definition) is 1. The molecule has 1 heterocycles. The summed E-state index contributed by atoms with van der Waals surface area (Å²) in [4.78, 5) is 23.6. The minimum Gasteiger partial charge on any atom is -0.462 e. The third-order valence-electron chi connectivity index (χ3n) is 10.4. The smallest absolute Gasteiger partial charge is 0.309 e. The average Bonchev–Trinajstić information content (AvgIpc) is 3.09. The predicted molar refractivity (Wildman–Crippen MR) is 107 cm³/mol. The monoisotopic (exact) mass is 404 g/mol. The molecule has 0 aromatic heterocycles. The molecular weight excluding hydrogens is 368 g/mol. The molecule has 0 amide bonds. The van der Waals surface area contributed by atoms with E-state index in [1.54, 1.807) is 0 Å². The maximum Gasteiger partial charge on any atom is 0.309 e. The zero-order chi connectivity index (χ0) is 20.8. The molecule has 29 heavy (non-hydrogen) atoms. The van der Waals surface area contributed by atoms with Gasteiger partial charge in [-0.1, -0.05) is 20.8 Å². The molecule has 162 valence electrons. The van der Waals surface area contributed by atoms with Crippen molar-refractivity contribution in [3.8, 4) is 0 Å². The van der Waals surface area contributed by atoms with Crippen molar-refractivity contribution in [1.82, 2.24) is 0 Å². The first-order valence-corrected chi connectivity index (χ1v) is 11.7. The predicted octanol–water partition coefficient (Wildman–Crippen LogP) is 3.86. The Morgan fingerprint density at radius 3 is 2.62 bits per heavy atom. The molecule has 1 aliphatic heterocycles. The summed E-state index contributed by atoms with van der Waals surface area (Å²) in [5.41, 5.74) is -0.680. The van der Waals surface area contributed by atoms with E-state index in [1.165, 1.54) is 6.92 Å². The summed E-state index contributed by atoms with van der Waals surface area (Å²) >= 11 is 0. The highest BCUT2D eigenvalue weighted by molar-refractivity contribution is 5.75. The molecule has 5 heteroatoms. The maximum atomic E-state index is 12.2.